The Hall–Kier alpha value is -1.32. The van der Waals surface area contributed by atoms with E-state index in [0.29, 0.717) is 18.7 Å². The van der Waals surface area contributed by atoms with E-state index in [9.17, 15) is 8.78 Å². The normalized spacial score (nSPS) is 21.6. The van der Waals surface area contributed by atoms with Crippen LogP contribution in [0.1, 0.15) is 19.8 Å². The van der Waals surface area contributed by atoms with Crippen LogP contribution in [0.15, 0.2) is 24.3 Å². The molecule has 1 aromatic rings. The molecule has 0 bridgehead atoms. The fourth-order valence-corrected chi connectivity index (χ4v) is 2.31. The number of hydrogen-bond donors (Lipinski definition) is 1. The molecule has 2 nitrogen and oxygen atoms in total. The molecule has 1 aromatic carbocycles. The Bertz CT molecular complexity index is 370. The fourth-order valence-electron chi connectivity index (χ4n) is 2.31. The zero-order chi connectivity index (χ0) is 12.5. The lowest BCUT2D eigenvalue weighted by Gasteiger charge is -2.36. The first-order valence-electron chi connectivity index (χ1n) is 5.95. The molecule has 0 unspecified atom stereocenters. The highest BCUT2D eigenvalue weighted by molar-refractivity contribution is 5.53. The lowest BCUT2D eigenvalue weighted by molar-refractivity contribution is -0.0439. The standard InChI is InChI=1S/C13H18F2N2/c1-13(14,15)10-3-2-8-17(9-10)12-6-4-11(16)5-7-12/h4-7,10H,2-3,8-9,16H2,1H3/t10-/m1/s1. The van der Waals surface area contributed by atoms with Crippen molar-refractivity contribution in [3.8, 4) is 0 Å². The molecule has 1 fully saturated rings. The van der Waals surface area contributed by atoms with Crippen LogP contribution in [0.2, 0.25) is 0 Å². The molecule has 94 valence electrons. The van der Waals surface area contributed by atoms with Gasteiger partial charge in [0.15, 0.2) is 0 Å². The van der Waals surface area contributed by atoms with Crippen molar-refractivity contribution < 1.29 is 8.78 Å². The van der Waals surface area contributed by atoms with Gasteiger partial charge >= 0.3 is 0 Å². The molecular weight excluding hydrogens is 222 g/mol. The van der Waals surface area contributed by atoms with Gasteiger partial charge in [-0.05, 0) is 44.0 Å². The first-order chi connectivity index (χ1) is 7.97. The number of anilines is 2. The maximum absolute atomic E-state index is 13.3. The fraction of sp³-hybridized carbons (Fsp3) is 0.538. The molecular formula is C13H18F2N2. The molecule has 0 spiro atoms. The average Bonchev–Trinajstić information content (AvgIpc) is 2.29. The van der Waals surface area contributed by atoms with Crippen LogP contribution < -0.4 is 10.6 Å². The highest BCUT2D eigenvalue weighted by Gasteiger charge is 2.37. The smallest absolute Gasteiger partial charge is 0.249 e. The van der Waals surface area contributed by atoms with E-state index in [-0.39, 0.29) is 0 Å². The zero-order valence-electron chi connectivity index (χ0n) is 10.00. The Balaban J connectivity index is 2.09. The quantitative estimate of drug-likeness (QED) is 0.805. The number of halogens is 2. The van der Waals surface area contributed by atoms with Gasteiger partial charge in [-0.25, -0.2) is 8.78 Å². The van der Waals surface area contributed by atoms with E-state index in [4.69, 9.17) is 5.73 Å². The molecule has 2 N–H and O–H groups in total. The summed E-state index contributed by atoms with van der Waals surface area (Å²) in [4.78, 5) is 2.02. The molecule has 0 saturated carbocycles. The molecule has 2 rings (SSSR count). The van der Waals surface area contributed by atoms with Crippen LogP contribution in [0.3, 0.4) is 0 Å². The van der Waals surface area contributed by atoms with E-state index < -0.39 is 11.8 Å². The maximum atomic E-state index is 13.3. The number of piperidine rings is 1. The van der Waals surface area contributed by atoms with E-state index >= 15 is 0 Å². The lowest BCUT2D eigenvalue weighted by Crippen LogP contribution is -2.42. The van der Waals surface area contributed by atoms with E-state index in [2.05, 4.69) is 0 Å². The molecule has 0 radical (unpaired) electrons. The van der Waals surface area contributed by atoms with Gasteiger partial charge in [-0.1, -0.05) is 0 Å². The summed E-state index contributed by atoms with van der Waals surface area (Å²) in [7, 11) is 0. The molecule has 0 aromatic heterocycles. The Labute approximate surface area is 100 Å². The Kier molecular flexibility index (Phi) is 3.22. The molecule has 1 atom stereocenters. The zero-order valence-corrected chi connectivity index (χ0v) is 10.00. The summed E-state index contributed by atoms with van der Waals surface area (Å²) in [5.41, 5.74) is 7.29. The van der Waals surface area contributed by atoms with Crippen LogP contribution in [0.25, 0.3) is 0 Å². The minimum atomic E-state index is -2.59. The van der Waals surface area contributed by atoms with Crippen molar-refractivity contribution in [3.63, 3.8) is 0 Å². The Morgan fingerprint density at radius 3 is 2.53 bits per heavy atom. The third-order valence-electron chi connectivity index (χ3n) is 3.40. The van der Waals surface area contributed by atoms with Crippen LogP contribution in [0.4, 0.5) is 20.2 Å². The molecule has 1 aliphatic heterocycles. The third kappa shape index (κ3) is 2.87. The van der Waals surface area contributed by atoms with Crippen molar-refractivity contribution in [3.05, 3.63) is 24.3 Å². The van der Waals surface area contributed by atoms with Crippen molar-refractivity contribution in [2.24, 2.45) is 5.92 Å². The maximum Gasteiger partial charge on any atom is 0.249 e. The summed E-state index contributed by atoms with van der Waals surface area (Å²) in [5.74, 6) is -3.14. The number of benzene rings is 1. The average molecular weight is 240 g/mol. The van der Waals surface area contributed by atoms with Crippen molar-refractivity contribution in [1.82, 2.24) is 0 Å². The largest absolute Gasteiger partial charge is 0.399 e. The summed E-state index contributed by atoms with van der Waals surface area (Å²) in [6.07, 6.45) is 1.42. The van der Waals surface area contributed by atoms with E-state index in [1.165, 1.54) is 0 Å². The monoisotopic (exact) mass is 240 g/mol. The highest BCUT2D eigenvalue weighted by atomic mass is 19.3. The Morgan fingerprint density at radius 2 is 1.94 bits per heavy atom. The number of alkyl halides is 2. The van der Waals surface area contributed by atoms with Crippen LogP contribution >= 0.6 is 0 Å². The molecule has 0 aliphatic carbocycles. The van der Waals surface area contributed by atoms with Gasteiger partial charge in [-0.3, -0.25) is 0 Å². The SMILES string of the molecule is CC(F)(F)[C@@H]1CCCN(c2ccc(N)cc2)C1. The van der Waals surface area contributed by atoms with Crippen molar-refractivity contribution in [2.75, 3.05) is 23.7 Å². The summed E-state index contributed by atoms with van der Waals surface area (Å²) in [6.45, 7) is 2.29. The second-order valence-corrected chi connectivity index (χ2v) is 4.83. The topological polar surface area (TPSA) is 29.3 Å². The minimum Gasteiger partial charge on any atom is -0.399 e. The third-order valence-corrected chi connectivity index (χ3v) is 3.40. The molecule has 17 heavy (non-hydrogen) atoms. The predicted octanol–water partition coefficient (Wildman–Crippen LogP) is 3.14. The molecule has 1 aliphatic rings. The number of hydrogen-bond acceptors (Lipinski definition) is 2. The van der Waals surface area contributed by atoms with Crippen molar-refractivity contribution in [1.29, 1.82) is 0 Å². The molecule has 1 heterocycles. The predicted molar refractivity (Wildman–Crippen MR) is 66.4 cm³/mol. The van der Waals surface area contributed by atoms with Crippen LogP contribution in [-0.4, -0.2) is 19.0 Å². The van der Waals surface area contributed by atoms with E-state index in [1.54, 1.807) is 0 Å². The van der Waals surface area contributed by atoms with Crippen LogP contribution in [0, 0.1) is 5.92 Å². The van der Waals surface area contributed by atoms with Gasteiger partial charge in [-0.15, -0.1) is 0 Å². The van der Waals surface area contributed by atoms with Crippen LogP contribution in [-0.2, 0) is 0 Å². The summed E-state index contributed by atoms with van der Waals surface area (Å²) < 4.78 is 26.6. The van der Waals surface area contributed by atoms with Gasteiger partial charge in [0.1, 0.15) is 0 Å². The van der Waals surface area contributed by atoms with Crippen molar-refractivity contribution in [2.45, 2.75) is 25.7 Å². The second-order valence-electron chi connectivity index (χ2n) is 4.83. The van der Waals surface area contributed by atoms with E-state index in [1.807, 2.05) is 29.2 Å². The summed E-state index contributed by atoms with van der Waals surface area (Å²) in [5, 5.41) is 0. The van der Waals surface area contributed by atoms with Gasteiger partial charge in [0.2, 0.25) is 5.92 Å². The first kappa shape index (κ1) is 12.1. The summed E-state index contributed by atoms with van der Waals surface area (Å²) in [6, 6.07) is 7.41. The number of nitrogens with zero attached hydrogens (tertiary/aromatic N) is 1. The van der Waals surface area contributed by atoms with E-state index in [0.717, 1.165) is 25.6 Å². The Morgan fingerprint density at radius 1 is 1.29 bits per heavy atom. The van der Waals surface area contributed by atoms with Gasteiger partial charge in [0.05, 0.1) is 0 Å². The number of nitrogen functional groups attached to an aromatic ring is 1. The van der Waals surface area contributed by atoms with Gasteiger partial charge < -0.3 is 10.6 Å². The van der Waals surface area contributed by atoms with Crippen molar-refractivity contribution >= 4 is 11.4 Å². The molecule has 1 saturated heterocycles. The summed E-state index contributed by atoms with van der Waals surface area (Å²) >= 11 is 0. The van der Waals surface area contributed by atoms with Gasteiger partial charge in [-0.2, -0.15) is 0 Å². The lowest BCUT2D eigenvalue weighted by atomic mass is 9.92. The second kappa shape index (κ2) is 4.51. The first-order valence-corrected chi connectivity index (χ1v) is 5.95. The molecule has 0 amide bonds. The van der Waals surface area contributed by atoms with Crippen LogP contribution in [0.5, 0.6) is 0 Å². The number of rotatable bonds is 2. The van der Waals surface area contributed by atoms with Gasteiger partial charge in [0.25, 0.3) is 0 Å². The molecule has 4 heteroatoms. The highest BCUT2D eigenvalue weighted by Crippen LogP contribution is 2.33. The number of nitrogens with two attached hydrogens (primary N) is 1. The minimum absolute atomic E-state index is 0.424. The van der Waals surface area contributed by atoms with Gasteiger partial charge in [0, 0.05) is 30.4 Å².